The monoisotopic (exact) mass is 342 g/mol. The highest BCUT2D eigenvalue weighted by molar-refractivity contribution is 5.38. The lowest BCUT2D eigenvalue weighted by atomic mass is 9.84. The van der Waals surface area contributed by atoms with Crippen LogP contribution in [0, 0.1) is 0 Å². The third-order valence-corrected chi connectivity index (χ3v) is 4.79. The molecule has 6 nitrogen and oxygen atoms in total. The zero-order chi connectivity index (χ0) is 17.9. The number of piperidine rings is 1. The van der Waals surface area contributed by atoms with Crippen molar-refractivity contribution in [3.05, 3.63) is 47.8 Å². The van der Waals surface area contributed by atoms with Crippen molar-refractivity contribution in [1.29, 1.82) is 0 Å². The highest BCUT2D eigenvalue weighted by atomic mass is 16.5. The number of likely N-dealkylation sites (tertiary alicyclic amines) is 1. The van der Waals surface area contributed by atoms with Crippen molar-refractivity contribution in [3.63, 3.8) is 0 Å². The maximum atomic E-state index is 11.1. The molecule has 25 heavy (non-hydrogen) atoms. The van der Waals surface area contributed by atoms with Crippen molar-refractivity contribution < 1.29 is 9.84 Å². The van der Waals surface area contributed by atoms with E-state index < -0.39 is 5.60 Å². The van der Waals surface area contributed by atoms with Gasteiger partial charge < -0.3 is 14.7 Å². The minimum atomic E-state index is -0.825. The number of para-hydroxylation sites is 1. The Morgan fingerprint density at radius 1 is 1.16 bits per heavy atom. The van der Waals surface area contributed by atoms with E-state index in [0.717, 1.165) is 36.5 Å². The van der Waals surface area contributed by atoms with E-state index in [1.54, 1.807) is 7.11 Å². The Kier molecular flexibility index (Phi) is 5.20. The van der Waals surface area contributed by atoms with E-state index in [1.165, 1.54) is 0 Å². The number of nitrogens with zero attached hydrogens (tertiary/aromatic N) is 4. The van der Waals surface area contributed by atoms with E-state index in [2.05, 4.69) is 14.9 Å². The van der Waals surface area contributed by atoms with Gasteiger partial charge in [-0.2, -0.15) is 0 Å². The van der Waals surface area contributed by atoms with Crippen LogP contribution >= 0.6 is 0 Å². The minimum absolute atomic E-state index is 0.685. The SMILES string of the molecule is COc1ccccc1C1(O)CCN(Cc2cnc(N(C)C)nc2)CC1. The van der Waals surface area contributed by atoms with Crippen molar-refractivity contribution in [3.8, 4) is 5.75 Å². The van der Waals surface area contributed by atoms with Gasteiger partial charge in [-0.15, -0.1) is 0 Å². The molecule has 1 N–H and O–H groups in total. The standard InChI is InChI=1S/C19H26N4O2/c1-22(2)18-20-12-15(13-21-18)14-23-10-8-19(24,9-11-23)16-6-4-5-7-17(16)25-3/h4-7,12-13,24H,8-11,14H2,1-3H3. The van der Waals surface area contributed by atoms with Crippen molar-refractivity contribution in [2.75, 3.05) is 39.2 Å². The van der Waals surface area contributed by atoms with Gasteiger partial charge >= 0.3 is 0 Å². The molecular weight excluding hydrogens is 316 g/mol. The molecule has 6 heteroatoms. The van der Waals surface area contributed by atoms with E-state index in [0.29, 0.717) is 18.8 Å². The van der Waals surface area contributed by atoms with Crippen LogP contribution in [0.25, 0.3) is 0 Å². The summed E-state index contributed by atoms with van der Waals surface area (Å²) in [6.07, 6.45) is 5.13. The van der Waals surface area contributed by atoms with Gasteiger partial charge in [0, 0.05) is 57.3 Å². The lowest BCUT2D eigenvalue weighted by molar-refractivity contribution is -0.0292. The second-order valence-electron chi connectivity index (χ2n) is 6.79. The van der Waals surface area contributed by atoms with Crippen LogP contribution < -0.4 is 9.64 Å². The fraction of sp³-hybridized carbons (Fsp3) is 0.474. The summed E-state index contributed by atoms with van der Waals surface area (Å²) in [6, 6.07) is 7.75. The smallest absolute Gasteiger partial charge is 0.224 e. The van der Waals surface area contributed by atoms with Gasteiger partial charge in [-0.25, -0.2) is 9.97 Å². The molecule has 0 atom stereocenters. The van der Waals surface area contributed by atoms with Crippen LogP contribution in [0.15, 0.2) is 36.7 Å². The lowest BCUT2D eigenvalue weighted by Crippen LogP contribution is -2.42. The highest BCUT2D eigenvalue weighted by Crippen LogP contribution is 2.38. The summed E-state index contributed by atoms with van der Waals surface area (Å²) in [5.74, 6) is 1.47. The molecule has 1 saturated heterocycles. The Hall–Kier alpha value is -2.18. The van der Waals surface area contributed by atoms with E-state index in [-0.39, 0.29) is 0 Å². The first-order chi connectivity index (χ1) is 12.0. The number of anilines is 1. The Morgan fingerprint density at radius 2 is 1.80 bits per heavy atom. The largest absolute Gasteiger partial charge is 0.496 e. The van der Waals surface area contributed by atoms with Gasteiger partial charge in [0.05, 0.1) is 12.7 Å². The number of aromatic nitrogens is 2. The molecule has 2 heterocycles. The Bertz CT molecular complexity index is 695. The molecule has 1 fully saturated rings. The van der Waals surface area contributed by atoms with E-state index in [4.69, 9.17) is 4.74 Å². The normalized spacial score (nSPS) is 17.3. The fourth-order valence-corrected chi connectivity index (χ4v) is 3.30. The van der Waals surface area contributed by atoms with Crippen LogP contribution in [-0.4, -0.2) is 54.3 Å². The van der Waals surface area contributed by atoms with E-state index in [1.807, 2.05) is 55.7 Å². The molecule has 1 aromatic carbocycles. The zero-order valence-electron chi connectivity index (χ0n) is 15.1. The molecule has 0 unspecified atom stereocenters. The summed E-state index contributed by atoms with van der Waals surface area (Å²) in [6.45, 7) is 2.45. The number of hydrogen-bond acceptors (Lipinski definition) is 6. The number of methoxy groups -OCH3 is 1. The maximum Gasteiger partial charge on any atom is 0.224 e. The molecule has 0 aliphatic carbocycles. The van der Waals surface area contributed by atoms with Crippen molar-refractivity contribution in [1.82, 2.24) is 14.9 Å². The Morgan fingerprint density at radius 3 is 2.40 bits per heavy atom. The molecular formula is C19H26N4O2. The molecule has 2 aromatic rings. The van der Waals surface area contributed by atoms with Crippen LogP contribution in [0.5, 0.6) is 5.75 Å². The molecule has 0 amide bonds. The van der Waals surface area contributed by atoms with Crippen LogP contribution in [0.4, 0.5) is 5.95 Å². The van der Waals surface area contributed by atoms with E-state index in [9.17, 15) is 5.11 Å². The molecule has 0 radical (unpaired) electrons. The predicted molar refractivity (Wildman–Crippen MR) is 97.8 cm³/mol. The lowest BCUT2D eigenvalue weighted by Gasteiger charge is -2.39. The van der Waals surface area contributed by atoms with Crippen molar-refractivity contribution in [2.45, 2.75) is 25.0 Å². The quantitative estimate of drug-likeness (QED) is 0.897. The highest BCUT2D eigenvalue weighted by Gasteiger charge is 2.36. The second-order valence-corrected chi connectivity index (χ2v) is 6.79. The third-order valence-electron chi connectivity index (χ3n) is 4.79. The van der Waals surface area contributed by atoms with Crippen LogP contribution in [0.3, 0.4) is 0 Å². The second kappa shape index (κ2) is 7.37. The molecule has 1 aliphatic rings. The molecule has 1 aliphatic heterocycles. The molecule has 0 spiro atoms. The van der Waals surface area contributed by atoms with Crippen molar-refractivity contribution >= 4 is 5.95 Å². The van der Waals surface area contributed by atoms with Gasteiger partial charge in [-0.05, 0) is 18.9 Å². The molecule has 0 bridgehead atoms. The van der Waals surface area contributed by atoms with Gasteiger partial charge in [-0.3, -0.25) is 4.90 Å². The fourth-order valence-electron chi connectivity index (χ4n) is 3.30. The summed E-state index contributed by atoms with van der Waals surface area (Å²) in [4.78, 5) is 12.9. The van der Waals surface area contributed by atoms with Gasteiger partial charge in [0.1, 0.15) is 5.75 Å². The Balaban J connectivity index is 1.63. The molecule has 0 saturated carbocycles. The molecule has 3 rings (SSSR count). The summed E-state index contributed by atoms with van der Waals surface area (Å²) in [5.41, 5.74) is 1.15. The number of rotatable bonds is 5. The summed E-state index contributed by atoms with van der Waals surface area (Å²) in [7, 11) is 5.51. The average Bonchev–Trinajstić information content (AvgIpc) is 2.64. The van der Waals surface area contributed by atoms with Crippen molar-refractivity contribution in [2.24, 2.45) is 0 Å². The predicted octanol–water partition coefficient (Wildman–Crippen LogP) is 2.03. The minimum Gasteiger partial charge on any atom is -0.496 e. The van der Waals surface area contributed by atoms with E-state index >= 15 is 0 Å². The average molecular weight is 342 g/mol. The van der Waals surface area contributed by atoms with Crippen LogP contribution in [0.2, 0.25) is 0 Å². The zero-order valence-corrected chi connectivity index (χ0v) is 15.1. The van der Waals surface area contributed by atoms with Crippen LogP contribution in [-0.2, 0) is 12.1 Å². The number of hydrogen-bond donors (Lipinski definition) is 1. The first-order valence-electron chi connectivity index (χ1n) is 8.58. The van der Waals surface area contributed by atoms with Gasteiger partial charge in [0.15, 0.2) is 0 Å². The summed E-state index contributed by atoms with van der Waals surface area (Å²) in [5, 5.41) is 11.1. The van der Waals surface area contributed by atoms with Gasteiger partial charge in [0.25, 0.3) is 0 Å². The first-order valence-corrected chi connectivity index (χ1v) is 8.58. The topological polar surface area (TPSA) is 61.7 Å². The van der Waals surface area contributed by atoms with Crippen LogP contribution in [0.1, 0.15) is 24.0 Å². The number of ether oxygens (including phenoxy) is 1. The summed E-state index contributed by atoms with van der Waals surface area (Å²) < 4.78 is 5.42. The van der Waals surface area contributed by atoms with Gasteiger partial charge in [-0.1, -0.05) is 18.2 Å². The molecule has 134 valence electrons. The summed E-state index contributed by atoms with van der Waals surface area (Å²) >= 11 is 0. The first kappa shape index (κ1) is 17.6. The van der Waals surface area contributed by atoms with Gasteiger partial charge in [0.2, 0.25) is 5.95 Å². The molecule has 1 aromatic heterocycles. The Labute approximate surface area is 149 Å². The third kappa shape index (κ3) is 3.91. The number of benzene rings is 1. The maximum absolute atomic E-state index is 11.1. The number of aliphatic hydroxyl groups is 1.